The van der Waals surface area contributed by atoms with E-state index in [9.17, 15) is 0 Å². The number of anilines is 1. The molecule has 0 saturated heterocycles. The van der Waals surface area contributed by atoms with Crippen molar-refractivity contribution in [2.24, 2.45) is 5.73 Å². The molecule has 1 rings (SSSR count). The molecule has 3 heteroatoms. The van der Waals surface area contributed by atoms with Crippen LogP contribution in [0.4, 0.5) is 5.69 Å². The first kappa shape index (κ1) is 10.4. The summed E-state index contributed by atoms with van der Waals surface area (Å²) in [6.07, 6.45) is 2.01. The lowest BCUT2D eigenvalue weighted by Crippen LogP contribution is -2.28. The average molecular weight is 196 g/mol. The molecular weight excluding hydrogens is 180 g/mol. The van der Waals surface area contributed by atoms with E-state index in [1.54, 1.807) is 11.8 Å². The first-order chi connectivity index (χ1) is 5.95. The first-order valence-electron chi connectivity index (χ1n) is 4.18. The van der Waals surface area contributed by atoms with Crippen molar-refractivity contribution < 1.29 is 0 Å². The van der Waals surface area contributed by atoms with E-state index < -0.39 is 0 Å². The third-order valence-corrected chi connectivity index (χ3v) is 2.77. The maximum Gasteiger partial charge on any atom is 0.0452 e. The Morgan fingerprint density at radius 2 is 1.92 bits per heavy atom. The molecule has 0 saturated carbocycles. The highest BCUT2D eigenvalue weighted by Crippen LogP contribution is 2.27. The second-order valence-corrected chi connectivity index (χ2v) is 4.53. The van der Waals surface area contributed by atoms with Crippen molar-refractivity contribution in [3.05, 3.63) is 23.8 Å². The standard InChI is InChI=1S/C10H16N2S/c1-10(2,12)7-4-5-8(11)9(6-7)13-3/h4-6H,11-12H2,1-3H3. The van der Waals surface area contributed by atoms with Crippen molar-refractivity contribution in [1.29, 1.82) is 0 Å². The molecule has 1 aromatic rings. The summed E-state index contributed by atoms with van der Waals surface area (Å²) in [6, 6.07) is 5.95. The van der Waals surface area contributed by atoms with Crippen LogP contribution in [0.25, 0.3) is 0 Å². The monoisotopic (exact) mass is 196 g/mol. The molecule has 0 bridgehead atoms. The predicted molar refractivity (Wildman–Crippen MR) is 59.8 cm³/mol. The minimum Gasteiger partial charge on any atom is -0.398 e. The largest absolute Gasteiger partial charge is 0.398 e. The van der Waals surface area contributed by atoms with Gasteiger partial charge >= 0.3 is 0 Å². The number of benzene rings is 1. The molecular formula is C10H16N2S. The van der Waals surface area contributed by atoms with E-state index in [1.165, 1.54) is 0 Å². The van der Waals surface area contributed by atoms with Crippen molar-refractivity contribution in [1.82, 2.24) is 0 Å². The highest BCUT2D eigenvalue weighted by atomic mass is 32.2. The average Bonchev–Trinajstić information content (AvgIpc) is 2.03. The van der Waals surface area contributed by atoms with Crippen molar-refractivity contribution >= 4 is 17.4 Å². The van der Waals surface area contributed by atoms with E-state index in [2.05, 4.69) is 6.07 Å². The molecule has 0 aliphatic heterocycles. The molecule has 4 N–H and O–H groups in total. The second-order valence-electron chi connectivity index (χ2n) is 3.68. The summed E-state index contributed by atoms with van der Waals surface area (Å²) < 4.78 is 0. The van der Waals surface area contributed by atoms with Gasteiger partial charge in [0.15, 0.2) is 0 Å². The van der Waals surface area contributed by atoms with Gasteiger partial charge in [0.1, 0.15) is 0 Å². The van der Waals surface area contributed by atoms with Crippen LogP contribution < -0.4 is 11.5 Å². The quantitative estimate of drug-likeness (QED) is 0.563. The Morgan fingerprint density at radius 3 is 2.38 bits per heavy atom. The Morgan fingerprint density at radius 1 is 1.31 bits per heavy atom. The van der Waals surface area contributed by atoms with E-state index in [-0.39, 0.29) is 5.54 Å². The normalized spacial score (nSPS) is 11.7. The summed E-state index contributed by atoms with van der Waals surface area (Å²) in [6.45, 7) is 3.98. The number of nitrogens with two attached hydrogens (primary N) is 2. The molecule has 0 aromatic heterocycles. The number of rotatable bonds is 2. The van der Waals surface area contributed by atoms with E-state index >= 15 is 0 Å². The van der Waals surface area contributed by atoms with E-state index in [0.29, 0.717) is 0 Å². The van der Waals surface area contributed by atoms with Gasteiger partial charge in [-0.15, -0.1) is 11.8 Å². The number of nitrogen functional groups attached to an aromatic ring is 1. The molecule has 0 atom stereocenters. The van der Waals surface area contributed by atoms with Crippen LogP contribution in [0.2, 0.25) is 0 Å². The highest BCUT2D eigenvalue weighted by molar-refractivity contribution is 7.98. The predicted octanol–water partition coefficient (Wildman–Crippen LogP) is 2.18. The van der Waals surface area contributed by atoms with E-state index in [1.807, 2.05) is 32.2 Å². The summed E-state index contributed by atoms with van der Waals surface area (Å²) in [5.74, 6) is 0. The summed E-state index contributed by atoms with van der Waals surface area (Å²) in [4.78, 5) is 1.09. The lowest BCUT2D eigenvalue weighted by atomic mass is 9.96. The topological polar surface area (TPSA) is 52.0 Å². The van der Waals surface area contributed by atoms with Gasteiger partial charge < -0.3 is 11.5 Å². The molecule has 0 aliphatic carbocycles. The third kappa shape index (κ3) is 2.39. The van der Waals surface area contributed by atoms with Gasteiger partial charge in [-0.1, -0.05) is 6.07 Å². The Balaban J connectivity index is 3.14. The molecule has 0 amide bonds. The maximum atomic E-state index is 5.98. The Bertz CT molecular complexity index is 302. The van der Waals surface area contributed by atoms with Crippen molar-refractivity contribution in [3.8, 4) is 0 Å². The molecule has 0 radical (unpaired) electrons. The van der Waals surface area contributed by atoms with Crippen LogP contribution in [0.3, 0.4) is 0 Å². The SMILES string of the molecule is CSc1cc(C(C)(C)N)ccc1N. The van der Waals surface area contributed by atoms with Gasteiger partial charge in [-0.3, -0.25) is 0 Å². The molecule has 0 fully saturated rings. The number of hydrogen-bond acceptors (Lipinski definition) is 3. The third-order valence-electron chi connectivity index (χ3n) is 1.98. The molecule has 0 aliphatic rings. The number of thioether (sulfide) groups is 1. The Labute approximate surface area is 83.7 Å². The summed E-state index contributed by atoms with van der Waals surface area (Å²) >= 11 is 1.65. The highest BCUT2D eigenvalue weighted by Gasteiger charge is 2.14. The molecule has 0 heterocycles. The van der Waals surface area contributed by atoms with Gasteiger partial charge in [-0.25, -0.2) is 0 Å². The maximum absolute atomic E-state index is 5.98. The van der Waals surface area contributed by atoms with Crippen LogP contribution in [0.15, 0.2) is 23.1 Å². The van der Waals surface area contributed by atoms with Crippen LogP contribution in [-0.4, -0.2) is 6.26 Å². The zero-order valence-corrected chi connectivity index (χ0v) is 9.11. The van der Waals surface area contributed by atoms with Crippen LogP contribution in [-0.2, 0) is 5.54 Å². The van der Waals surface area contributed by atoms with Gasteiger partial charge in [0.2, 0.25) is 0 Å². The van der Waals surface area contributed by atoms with Gasteiger partial charge in [-0.2, -0.15) is 0 Å². The Hall–Kier alpha value is -0.670. The van der Waals surface area contributed by atoms with Gasteiger partial charge in [0, 0.05) is 16.1 Å². The van der Waals surface area contributed by atoms with Crippen LogP contribution in [0, 0.1) is 0 Å². The molecule has 0 spiro atoms. The van der Waals surface area contributed by atoms with Crippen LogP contribution in [0.1, 0.15) is 19.4 Å². The molecule has 1 aromatic carbocycles. The number of hydrogen-bond donors (Lipinski definition) is 2. The van der Waals surface area contributed by atoms with Crippen LogP contribution in [0.5, 0.6) is 0 Å². The van der Waals surface area contributed by atoms with Crippen LogP contribution >= 0.6 is 11.8 Å². The lowest BCUT2D eigenvalue weighted by molar-refractivity contribution is 0.553. The van der Waals surface area contributed by atoms with Crippen molar-refractivity contribution in [2.75, 3.05) is 12.0 Å². The fourth-order valence-electron chi connectivity index (χ4n) is 1.11. The summed E-state index contributed by atoms with van der Waals surface area (Å²) in [5, 5.41) is 0. The first-order valence-corrected chi connectivity index (χ1v) is 5.40. The van der Waals surface area contributed by atoms with E-state index in [4.69, 9.17) is 11.5 Å². The van der Waals surface area contributed by atoms with Gasteiger partial charge in [-0.05, 0) is 37.8 Å². The lowest BCUT2D eigenvalue weighted by Gasteiger charge is -2.20. The van der Waals surface area contributed by atoms with Gasteiger partial charge in [0.05, 0.1) is 0 Å². The second kappa shape index (κ2) is 3.60. The van der Waals surface area contributed by atoms with Crippen molar-refractivity contribution in [2.45, 2.75) is 24.3 Å². The fourth-order valence-corrected chi connectivity index (χ4v) is 1.66. The van der Waals surface area contributed by atoms with E-state index in [0.717, 1.165) is 16.1 Å². The van der Waals surface area contributed by atoms with Gasteiger partial charge in [0.25, 0.3) is 0 Å². The molecule has 72 valence electrons. The van der Waals surface area contributed by atoms with Crippen molar-refractivity contribution in [3.63, 3.8) is 0 Å². The zero-order chi connectivity index (χ0) is 10.1. The fraction of sp³-hybridized carbons (Fsp3) is 0.400. The molecule has 13 heavy (non-hydrogen) atoms. The smallest absolute Gasteiger partial charge is 0.0452 e. The summed E-state index contributed by atoms with van der Waals surface area (Å²) in [7, 11) is 0. The summed E-state index contributed by atoms with van der Waals surface area (Å²) in [5.41, 5.74) is 13.4. The zero-order valence-electron chi connectivity index (χ0n) is 8.29. The molecule has 2 nitrogen and oxygen atoms in total. The molecule has 0 unspecified atom stereocenters. The minimum absolute atomic E-state index is 0.293. The minimum atomic E-state index is -0.293. The Kier molecular flexibility index (Phi) is 2.88.